The van der Waals surface area contributed by atoms with Crippen molar-refractivity contribution in [2.24, 2.45) is 7.05 Å². The van der Waals surface area contributed by atoms with Crippen LogP contribution in [0.25, 0.3) is 0 Å². The van der Waals surface area contributed by atoms with Gasteiger partial charge in [-0.15, -0.1) is 0 Å². The van der Waals surface area contributed by atoms with Gasteiger partial charge in [0.15, 0.2) is 0 Å². The molecule has 0 aliphatic carbocycles. The normalized spacial score (nSPS) is 21.6. The third-order valence-corrected chi connectivity index (χ3v) is 4.12. The van der Waals surface area contributed by atoms with Crippen LogP contribution in [-0.2, 0) is 7.05 Å². The van der Waals surface area contributed by atoms with Gasteiger partial charge in [0, 0.05) is 32.6 Å². The van der Waals surface area contributed by atoms with Gasteiger partial charge in [0.1, 0.15) is 10.4 Å². The number of nitrogens with zero attached hydrogens (tertiary/aromatic N) is 4. The Kier molecular flexibility index (Phi) is 2.71. The molecule has 3 rings (SSSR count). The van der Waals surface area contributed by atoms with Crippen LogP contribution in [0.3, 0.4) is 0 Å². The van der Waals surface area contributed by atoms with Crippen molar-refractivity contribution in [3.8, 4) is 0 Å². The van der Waals surface area contributed by atoms with E-state index in [-0.39, 0.29) is 0 Å². The third-order valence-electron chi connectivity index (χ3n) is 3.74. The lowest BCUT2D eigenvalue weighted by Gasteiger charge is -2.36. The number of hydrogen-bond donors (Lipinski definition) is 0. The molecule has 1 aromatic rings. The van der Waals surface area contributed by atoms with Gasteiger partial charge in [0.25, 0.3) is 0 Å². The van der Waals surface area contributed by atoms with Crippen LogP contribution in [0.1, 0.15) is 6.42 Å². The van der Waals surface area contributed by atoms with Crippen LogP contribution in [0.5, 0.6) is 0 Å². The zero-order chi connectivity index (χ0) is 11.1. The van der Waals surface area contributed by atoms with Crippen LogP contribution in [0.4, 0.5) is 5.82 Å². The molecule has 2 aliphatic rings. The molecule has 16 heavy (non-hydrogen) atoms. The highest BCUT2D eigenvalue weighted by Gasteiger charge is 2.34. The molecule has 6 heteroatoms. The van der Waals surface area contributed by atoms with Gasteiger partial charge in [-0.25, -0.2) is 0 Å². The Labute approximate surface area is 105 Å². The Hall–Kier alpha value is -0.485. The molecule has 86 valence electrons. The molecule has 0 aromatic carbocycles. The molecule has 0 amide bonds. The average Bonchev–Trinajstić information content (AvgIpc) is 2.83. The molecular weight excluding hydrogens is 267 g/mol. The second kappa shape index (κ2) is 4.07. The molecule has 0 unspecified atom stereocenters. The largest absolute Gasteiger partial charge is 0.361 e. The van der Waals surface area contributed by atoms with Crippen molar-refractivity contribution in [3.05, 3.63) is 10.7 Å². The van der Waals surface area contributed by atoms with Gasteiger partial charge in [-0.3, -0.25) is 4.68 Å². The maximum Gasteiger partial charge on any atom is 0.243 e. The fourth-order valence-corrected chi connectivity index (χ4v) is 3.36. The van der Waals surface area contributed by atoms with E-state index in [9.17, 15) is 0 Å². The molecule has 2 fully saturated rings. The number of aromatic nitrogens is 2. The molecule has 2 aliphatic heterocycles. The number of hydrogen-bond acceptors (Lipinski definition) is 3. The topological polar surface area (TPSA) is 24.3 Å². The van der Waals surface area contributed by atoms with Crippen LogP contribution in [0.2, 0.25) is 6.32 Å². The minimum absolute atomic E-state index is 0.766. The van der Waals surface area contributed by atoms with E-state index < -0.39 is 0 Å². The fourth-order valence-electron chi connectivity index (χ4n) is 2.92. The van der Waals surface area contributed by atoms with Gasteiger partial charge < -0.3 is 9.71 Å². The highest BCUT2D eigenvalue weighted by molar-refractivity contribution is 9.10. The monoisotopic (exact) mass is 282 g/mol. The van der Waals surface area contributed by atoms with Crippen molar-refractivity contribution in [3.63, 3.8) is 0 Å². The first-order valence-electron chi connectivity index (χ1n) is 5.92. The average molecular weight is 283 g/mol. The molecule has 0 bridgehead atoms. The van der Waals surface area contributed by atoms with Crippen LogP contribution in [0, 0.1) is 0 Å². The first kappa shape index (κ1) is 10.7. The third kappa shape index (κ3) is 1.78. The summed E-state index contributed by atoms with van der Waals surface area (Å²) in [5.74, 6) is 1.23. The molecule has 0 spiro atoms. The first-order valence-corrected chi connectivity index (χ1v) is 6.72. The second-order valence-electron chi connectivity index (χ2n) is 4.73. The van der Waals surface area contributed by atoms with E-state index in [4.69, 9.17) is 0 Å². The molecule has 4 nitrogen and oxygen atoms in total. The Morgan fingerprint density at radius 3 is 3.00 bits per heavy atom. The summed E-state index contributed by atoms with van der Waals surface area (Å²) >= 11 is 3.44. The zero-order valence-electron chi connectivity index (χ0n) is 9.56. The summed E-state index contributed by atoms with van der Waals surface area (Å²) in [6.07, 6.45) is 3.88. The predicted octanol–water partition coefficient (Wildman–Crippen LogP) is 1.24. The Balaban J connectivity index is 1.78. The summed E-state index contributed by atoms with van der Waals surface area (Å²) in [5.41, 5.74) is 0. The molecule has 2 saturated heterocycles. The lowest BCUT2D eigenvalue weighted by molar-refractivity contribution is 0.447. The summed E-state index contributed by atoms with van der Waals surface area (Å²) < 4.78 is 2.90. The van der Waals surface area contributed by atoms with Gasteiger partial charge >= 0.3 is 0 Å². The zero-order valence-corrected chi connectivity index (χ0v) is 11.2. The minimum Gasteiger partial charge on any atom is -0.361 e. The van der Waals surface area contributed by atoms with Crippen molar-refractivity contribution < 1.29 is 0 Å². The molecule has 0 atom stereocenters. The summed E-state index contributed by atoms with van der Waals surface area (Å²) in [5, 5.41) is 4.35. The van der Waals surface area contributed by atoms with Gasteiger partial charge in [-0.2, -0.15) is 5.10 Å². The number of anilines is 1. The summed E-state index contributed by atoms with van der Waals surface area (Å²) in [6, 6.07) is 2.12. The van der Waals surface area contributed by atoms with Crippen LogP contribution in [-0.4, -0.2) is 47.5 Å². The predicted molar refractivity (Wildman–Crippen MR) is 69.9 cm³/mol. The quantitative estimate of drug-likeness (QED) is 0.725. The number of aryl methyl sites for hydroxylation is 1. The fraction of sp³-hybridized carbons (Fsp3) is 0.700. The van der Waals surface area contributed by atoms with E-state index in [1.54, 1.807) is 0 Å². The minimum atomic E-state index is 0.766. The smallest absolute Gasteiger partial charge is 0.243 e. The van der Waals surface area contributed by atoms with Crippen LogP contribution < -0.4 is 4.90 Å². The highest BCUT2D eigenvalue weighted by atomic mass is 79.9. The van der Waals surface area contributed by atoms with E-state index in [2.05, 4.69) is 36.8 Å². The van der Waals surface area contributed by atoms with Crippen molar-refractivity contribution in [1.82, 2.24) is 14.6 Å². The molecule has 0 N–H and O–H groups in total. The van der Waals surface area contributed by atoms with E-state index in [1.807, 2.05) is 11.7 Å². The second-order valence-corrected chi connectivity index (χ2v) is 5.54. The lowest BCUT2D eigenvalue weighted by Crippen LogP contribution is -2.53. The summed E-state index contributed by atoms with van der Waals surface area (Å²) in [4.78, 5) is 5.09. The van der Waals surface area contributed by atoms with Gasteiger partial charge in [0.05, 0.1) is 0 Å². The number of halogens is 1. The molecular formula is C10H16BBrN4. The van der Waals surface area contributed by atoms with E-state index in [0.29, 0.717) is 0 Å². The molecule has 3 heterocycles. The SMILES string of the molecule is Cn1nc(Br)cc1N1CCN2CCCB2C1. The van der Waals surface area contributed by atoms with Crippen molar-refractivity contribution in [2.45, 2.75) is 12.7 Å². The lowest BCUT2D eigenvalue weighted by atomic mass is 9.58. The molecule has 1 aromatic heterocycles. The van der Waals surface area contributed by atoms with Crippen LogP contribution >= 0.6 is 15.9 Å². The van der Waals surface area contributed by atoms with Crippen LogP contribution in [0.15, 0.2) is 10.7 Å². The van der Waals surface area contributed by atoms with Gasteiger partial charge in [-0.1, -0.05) is 6.32 Å². The standard InChI is InChI=1S/C10H16BBrN4/c1-14-10(7-9(12)13-14)15-5-6-16-4-2-3-11(16)8-15/h7H,2-6,8H2,1H3. The highest BCUT2D eigenvalue weighted by Crippen LogP contribution is 2.25. The van der Waals surface area contributed by atoms with Gasteiger partial charge in [-0.05, 0) is 28.9 Å². The summed E-state index contributed by atoms with van der Waals surface area (Å²) in [6.45, 7) is 4.39. The maximum absolute atomic E-state index is 4.35. The Morgan fingerprint density at radius 1 is 1.38 bits per heavy atom. The van der Waals surface area contributed by atoms with Gasteiger partial charge in [0.2, 0.25) is 6.85 Å². The molecule has 0 saturated carbocycles. The van der Waals surface area contributed by atoms with E-state index in [1.165, 1.54) is 31.6 Å². The Bertz CT molecular complexity index is 394. The van der Waals surface area contributed by atoms with E-state index >= 15 is 0 Å². The number of fused-ring (bicyclic) bond motifs is 1. The first-order chi connectivity index (χ1) is 7.74. The van der Waals surface area contributed by atoms with Crippen molar-refractivity contribution >= 4 is 28.6 Å². The van der Waals surface area contributed by atoms with Crippen molar-refractivity contribution in [2.75, 3.05) is 31.0 Å². The van der Waals surface area contributed by atoms with Crippen molar-refractivity contribution in [1.29, 1.82) is 0 Å². The molecule has 0 radical (unpaired) electrons. The summed E-state index contributed by atoms with van der Waals surface area (Å²) in [7, 11) is 2.01. The number of rotatable bonds is 1. The maximum atomic E-state index is 4.35. The van der Waals surface area contributed by atoms with E-state index in [0.717, 1.165) is 24.4 Å². The Morgan fingerprint density at radius 2 is 2.25 bits per heavy atom.